The van der Waals surface area contributed by atoms with Crippen molar-refractivity contribution >= 4 is 41.4 Å². The standard InChI is InChI=1S/C15H17N3OS2.ClH/c16-7-5-14-17-12(9-21-14)15(19)18-11-6-8-20-13-4-2-1-3-10(11)13;/h1-4,9,11H,5-8,16H2,(H,18,19);1H. The number of benzene rings is 1. The maximum atomic E-state index is 12.3. The van der Waals surface area contributed by atoms with Crippen LogP contribution in [0.1, 0.15) is 33.5 Å². The third-order valence-corrected chi connectivity index (χ3v) is 5.44. The van der Waals surface area contributed by atoms with Gasteiger partial charge in [-0.05, 0) is 24.6 Å². The summed E-state index contributed by atoms with van der Waals surface area (Å²) in [4.78, 5) is 17.9. The van der Waals surface area contributed by atoms with Crippen molar-refractivity contribution < 1.29 is 4.79 Å². The van der Waals surface area contributed by atoms with Crippen LogP contribution < -0.4 is 11.1 Å². The molecule has 1 atom stereocenters. The number of nitrogens with one attached hydrogen (secondary N) is 1. The molecule has 0 fully saturated rings. The normalized spacial score (nSPS) is 16.5. The number of halogens is 1. The molecule has 3 rings (SSSR count). The van der Waals surface area contributed by atoms with E-state index in [4.69, 9.17) is 5.73 Å². The summed E-state index contributed by atoms with van der Waals surface area (Å²) in [5.74, 6) is 0.929. The highest BCUT2D eigenvalue weighted by atomic mass is 35.5. The van der Waals surface area contributed by atoms with E-state index in [1.54, 1.807) is 0 Å². The highest BCUT2D eigenvalue weighted by Gasteiger charge is 2.23. The van der Waals surface area contributed by atoms with Gasteiger partial charge in [0.2, 0.25) is 0 Å². The second-order valence-electron chi connectivity index (χ2n) is 4.87. The molecule has 1 amide bonds. The molecule has 1 aliphatic heterocycles. The fraction of sp³-hybridized carbons (Fsp3) is 0.333. The molecule has 1 aromatic heterocycles. The minimum atomic E-state index is -0.0961. The van der Waals surface area contributed by atoms with Crippen LogP contribution in [0.5, 0.6) is 0 Å². The molecule has 1 unspecified atom stereocenters. The van der Waals surface area contributed by atoms with Crippen molar-refractivity contribution in [3.05, 3.63) is 45.9 Å². The number of nitrogens with two attached hydrogens (primary N) is 1. The molecule has 0 bridgehead atoms. The first-order chi connectivity index (χ1) is 10.3. The smallest absolute Gasteiger partial charge is 0.271 e. The van der Waals surface area contributed by atoms with Gasteiger partial charge in [0, 0.05) is 22.4 Å². The summed E-state index contributed by atoms with van der Waals surface area (Å²) in [5.41, 5.74) is 7.22. The molecule has 1 aliphatic rings. The van der Waals surface area contributed by atoms with Crippen molar-refractivity contribution in [2.24, 2.45) is 5.73 Å². The summed E-state index contributed by atoms with van der Waals surface area (Å²) in [6.45, 7) is 0.557. The van der Waals surface area contributed by atoms with Gasteiger partial charge in [-0.25, -0.2) is 4.98 Å². The van der Waals surface area contributed by atoms with Crippen LogP contribution in [0.2, 0.25) is 0 Å². The third-order valence-electron chi connectivity index (χ3n) is 3.41. The molecule has 3 N–H and O–H groups in total. The Labute approximate surface area is 144 Å². The number of nitrogens with zero attached hydrogens (tertiary/aromatic N) is 1. The number of hydrogen-bond acceptors (Lipinski definition) is 5. The zero-order valence-electron chi connectivity index (χ0n) is 12.0. The summed E-state index contributed by atoms with van der Waals surface area (Å²) >= 11 is 3.34. The van der Waals surface area contributed by atoms with Gasteiger partial charge in [-0.1, -0.05) is 18.2 Å². The predicted molar refractivity (Wildman–Crippen MR) is 94.1 cm³/mol. The number of thiazole rings is 1. The molecule has 118 valence electrons. The van der Waals surface area contributed by atoms with Gasteiger partial charge in [0.05, 0.1) is 11.0 Å². The zero-order chi connectivity index (χ0) is 14.7. The molecule has 4 nitrogen and oxygen atoms in total. The minimum Gasteiger partial charge on any atom is -0.344 e. The average Bonchev–Trinajstić information content (AvgIpc) is 2.97. The van der Waals surface area contributed by atoms with Gasteiger partial charge < -0.3 is 11.1 Å². The number of amides is 1. The minimum absolute atomic E-state index is 0. The lowest BCUT2D eigenvalue weighted by molar-refractivity contribution is 0.0930. The molecule has 22 heavy (non-hydrogen) atoms. The SMILES string of the molecule is Cl.NCCc1nc(C(=O)NC2CCSc3ccccc32)cs1. The molecule has 1 aromatic carbocycles. The molecule has 0 radical (unpaired) electrons. The number of fused-ring (bicyclic) bond motifs is 1. The monoisotopic (exact) mass is 355 g/mol. The highest BCUT2D eigenvalue weighted by molar-refractivity contribution is 7.99. The van der Waals surface area contributed by atoms with Crippen LogP contribution in [0, 0.1) is 0 Å². The Hall–Kier alpha value is -1.08. The number of thioether (sulfide) groups is 1. The zero-order valence-corrected chi connectivity index (χ0v) is 14.4. The molecule has 0 saturated carbocycles. The number of carbonyl (C=O) groups excluding carboxylic acids is 1. The molecule has 0 spiro atoms. The summed E-state index contributed by atoms with van der Waals surface area (Å²) in [5, 5.41) is 5.84. The second kappa shape index (κ2) is 7.97. The van der Waals surface area contributed by atoms with E-state index in [2.05, 4.69) is 22.4 Å². The molecular formula is C15H18ClN3OS2. The topological polar surface area (TPSA) is 68.0 Å². The Morgan fingerprint density at radius 3 is 3.05 bits per heavy atom. The maximum Gasteiger partial charge on any atom is 0.271 e. The van der Waals surface area contributed by atoms with Crippen LogP contribution in [0.25, 0.3) is 0 Å². The van der Waals surface area contributed by atoms with Crippen molar-refractivity contribution in [3.63, 3.8) is 0 Å². The quantitative estimate of drug-likeness (QED) is 0.884. The van der Waals surface area contributed by atoms with Crippen LogP contribution in [0.3, 0.4) is 0 Å². The molecule has 2 aromatic rings. The fourth-order valence-electron chi connectivity index (χ4n) is 2.38. The number of aromatic nitrogens is 1. The predicted octanol–water partition coefficient (Wildman–Crippen LogP) is 3.03. The fourth-order valence-corrected chi connectivity index (χ4v) is 4.30. The summed E-state index contributed by atoms with van der Waals surface area (Å²) in [7, 11) is 0. The van der Waals surface area contributed by atoms with Crippen LogP contribution in [0.15, 0.2) is 34.5 Å². The Morgan fingerprint density at radius 2 is 2.23 bits per heavy atom. The van der Waals surface area contributed by atoms with Crippen molar-refractivity contribution in [1.29, 1.82) is 0 Å². The lowest BCUT2D eigenvalue weighted by Gasteiger charge is -2.25. The van der Waals surface area contributed by atoms with E-state index in [0.717, 1.165) is 23.6 Å². The molecule has 7 heteroatoms. The maximum absolute atomic E-state index is 12.3. The second-order valence-corrected chi connectivity index (χ2v) is 6.95. The summed E-state index contributed by atoms with van der Waals surface area (Å²) in [6.07, 6.45) is 1.67. The van der Waals surface area contributed by atoms with Gasteiger partial charge in [0.15, 0.2) is 0 Å². The summed E-state index contributed by atoms with van der Waals surface area (Å²) in [6, 6.07) is 8.34. The summed E-state index contributed by atoms with van der Waals surface area (Å²) < 4.78 is 0. The first kappa shape index (κ1) is 17.3. The number of rotatable bonds is 4. The lowest BCUT2D eigenvalue weighted by atomic mass is 10.0. The van der Waals surface area contributed by atoms with Crippen LogP contribution in [0.4, 0.5) is 0 Å². The van der Waals surface area contributed by atoms with E-state index in [1.165, 1.54) is 21.8 Å². The molecule has 2 heterocycles. The number of carbonyl (C=O) groups is 1. The van der Waals surface area contributed by atoms with Gasteiger partial charge in [-0.15, -0.1) is 35.5 Å². The van der Waals surface area contributed by atoms with Gasteiger partial charge >= 0.3 is 0 Å². The van der Waals surface area contributed by atoms with E-state index < -0.39 is 0 Å². The average molecular weight is 356 g/mol. The van der Waals surface area contributed by atoms with E-state index in [9.17, 15) is 4.79 Å². The third kappa shape index (κ3) is 3.81. The van der Waals surface area contributed by atoms with Crippen LogP contribution in [-0.2, 0) is 6.42 Å². The van der Waals surface area contributed by atoms with E-state index >= 15 is 0 Å². The van der Waals surface area contributed by atoms with Crippen molar-refractivity contribution in [3.8, 4) is 0 Å². The number of hydrogen-bond donors (Lipinski definition) is 2. The van der Waals surface area contributed by atoms with Crippen LogP contribution in [-0.4, -0.2) is 23.2 Å². The Balaban J connectivity index is 0.00000176. The van der Waals surface area contributed by atoms with Gasteiger partial charge in [0.1, 0.15) is 5.69 Å². The lowest BCUT2D eigenvalue weighted by Crippen LogP contribution is -2.30. The Morgan fingerprint density at radius 1 is 1.41 bits per heavy atom. The van der Waals surface area contributed by atoms with Gasteiger partial charge in [-0.3, -0.25) is 4.79 Å². The molecule has 0 aliphatic carbocycles. The Kier molecular flexibility index (Phi) is 6.26. The van der Waals surface area contributed by atoms with Crippen molar-refractivity contribution in [1.82, 2.24) is 10.3 Å². The molecular weight excluding hydrogens is 338 g/mol. The highest BCUT2D eigenvalue weighted by Crippen LogP contribution is 2.35. The van der Waals surface area contributed by atoms with Crippen molar-refractivity contribution in [2.75, 3.05) is 12.3 Å². The largest absolute Gasteiger partial charge is 0.344 e. The van der Waals surface area contributed by atoms with Gasteiger partial charge in [-0.2, -0.15) is 0 Å². The van der Waals surface area contributed by atoms with E-state index in [1.807, 2.05) is 29.3 Å². The first-order valence-corrected chi connectivity index (χ1v) is 8.81. The van der Waals surface area contributed by atoms with Crippen LogP contribution >= 0.6 is 35.5 Å². The van der Waals surface area contributed by atoms with E-state index in [-0.39, 0.29) is 24.4 Å². The molecule has 0 saturated heterocycles. The first-order valence-electron chi connectivity index (χ1n) is 6.95. The Bertz CT molecular complexity index is 647. The van der Waals surface area contributed by atoms with E-state index in [0.29, 0.717) is 12.2 Å². The van der Waals surface area contributed by atoms with Gasteiger partial charge in [0.25, 0.3) is 5.91 Å². The van der Waals surface area contributed by atoms with Crippen molar-refractivity contribution in [2.45, 2.75) is 23.8 Å².